The predicted molar refractivity (Wildman–Crippen MR) is 137 cm³/mol. The Bertz CT molecular complexity index is 1280. The smallest absolute Gasteiger partial charge is 0.227 e. The van der Waals surface area contributed by atoms with E-state index in [2.05, 4.69) is 5.32 Å². The van der Waals surface area contributed by atoms with E-state index in [1.165, 1.54) is 0 Å². The molecule has 1 heterocycles. The fourth-order valence-corrected chi connectivity index (χ4v) is 5.20. The van der Waals surface area contributed by atoms with Crippen LogP contribution >= 0.6 is 11.6 Å². The number of carbonyl (C=O) groups is 2. The summed E-state index contributed by atoms with van der Waals surface area (Å²) in [5, 5.41) is 4.24. The topological polar surface area (TPSA) is 49.4 Å². The van der Waals surface area contributed by atoms with Gasteiger partial charge in [0.1, 0.15) is 0 Å². The Hall–Kier alpha value is -3.37. The van der Waals surface area contributed by atoms with E-state index in [9.17, 15) is 9.59 Å². The number of carbonyl (C=O) groups excluding carboxylic acids is 2. The van der Waals surface area contributed by atoms with E-state index in [0.717, 1.165) is 33.8 Å². The van der Waals surface area contributed by atoms with Crippen molar-refractivity contribution in [3.8, 4) is 0 Å². The first-order valence-corrected chi connectivity index (χ1v) is 12.1. The maximum absolute atomic E-state index is 13.8. The number of fused-ring (bicyclic) bond motifs is 1. The maximum Gasteiger partial charge on any atom is 0.227 e. The third kappa shape index (κ3) is 4.03. The number of ketones is 1. The average Bonchev–Trinajstić information content (AvgIpc) is 2.99. The molecule has 0 spiro atoms. The van der Waals surface area contributed by atoms with Gasteiger partial charge in [0.25, 0.3) is 0 Å². The first-order valence-electron chi connectivity index (χ1n) is 11.7. The van der Waals surface area contributed by atoms with E-state index in [0.29, 0.717) is 29.9 Å². The van der Waals surface area contributed by atoms with E-state index in [1.54, 1.807) is 0 Å². The number of hydrogen-bond donors (Lipinski definition) is 1. The van der Waals surface area contributed by atoms with Gasteiger partial charge in [0.2, 0.25) is 5.91 Å². The lowest BCUT2D eigenvalue weighted by molar-refractivity contribution is -0.119. The number of nitrogens with one attached hydrogen (secondary N) is 1. The fourth-order valence-electron chi connectivity index (χ4n) is 5.07. The molecule has 2 atom stereocenters. The monoisotopic (exact) mass is 470 g/mol. The summed E-state index contributed by atoms with van der Waals surface area (Å²) < 4.78 is 0. The van der Waals surface area contributed by atoms with Crippen LogP contribution in [0.4, 0.5) is 11.4 Å². The molecule has 34 heavy (non-hydrogen) atoms. The van der Waals surface area contributed by atoms with Gasteiger partial charge < -0.3 is 5.32 Å². The zero-order chi connectivity index (χ0) is 23.8. The molecule has 5 heteroatoms. The largest absolute Gasteiger partial charge is 0.357 e. The predicted octanol–water partition coefficient (Wildman–Crippen LogP) is 6.96. The van der Waals surface area contributed by atoms with E-state index >= 15 is 0 Å². The van der Waals surface area contributed by atoms with Gasteiger partial charge in [0.05, 0.1) is 17.4 Å². The first-order chi connectivity index (χ1) is 16.5. The number of rotatable bonds is 3. The molecule has 2 aliphatic rings. The Morgan fingerprint density at radius 1 is 0.971 bits per heavy atom. The van der Waals surface area contributed by atoms with Crippen molar-refractivity contribution in [3.63, 3.8) is 0 Å². The molecule has 0 saturated heterocycles. The Morgan fingerprint density at radius 3 is 2.35 bits per heavy atom. The quantitative estimate of drug-likeness (QED) is 0.450. The molecule has 3 aromatic carbocycles. The molecular formula is C29H27ClN2O2. The number of Topliss-reactive ketones (excluding diaryl/α,β-unsaturated/α-hetero) is 1. The number of aryl methyl sites for hydroxylation is 1. The summed E-state index contributed by atoms with van der Waals surface area (Å²) in [5.41, 5.74) is 6.39. The third-order valence-electron chi connectivity index (χ3n) is 6.79. The number of amides is 1. The summed E-state index contributed by atoms with van der Waals surface area (Å²) in [4.78, 5) is 29.0. The molecule has 0 fully saturated rings. The van der Waals surface area contributed by atoms with Crippen molar-refractivity contribution in [1.29, 1.82) is 0 Å². The second kappa shape index (κ2) is 9.11. The van der Waals surface area contributed by atoms with Crippen LogP contribution in [0, 0.1) is 6.92 Å². The minimum atomic E-state index is -0.474. The molecular weight excluding hydrogens is 444 g/mol. The molecule has 1 amide bonds. The standard InChI is InChI=1S/C29H27ClN2O2/c1-3-27(34)32-25-7-5-4-6-23(25)31-24-16-21(19-12-14-22(30)15-13-19)17-26(33)28(24)29(32)20-10-8-18(2)9-11-20/h4-15,21,29,31H,3,16-17H2,1-2H3/t21-,29+/m1/s1. The molecule has 0 saturated carbocycles. The molecule has 5 rings (SSSR count). The Labute approximate surface area is 205 Å². The van der Waals surface area contributed by atoms with E-state index in [4.69, 9.17) is 11.6 Å². The van der Waals surface area contributed by atoms with Gasteiger partial charge in [-0.25, -0.2) is 0 Å². The molecule has 0 radical (unpaired) electrons. The summed E-state index contributed by atoms with van der Waals surface area (Å²) in [6.07, 6.45) is 1.43. The molecule has 4 nitrogen and oxygen atoms in total. The Balaban J connectivity index is 1.69. The summed E-state index contributed by atoms with van der Waals surface area (Å²) in [7, 11) is 0. The van der Waals surface area contributed by atoms with Gasteiger partial charge in [-0.1, -0.05) is 72.6 Å². The highest BCUT2D eigenvalue weighted by atomic mass is 35.5. The number of para-hydroxylation sites is 2. The number of halogens is 1. The van der Waals surface area contributed by atoms with Gasteiger partial charge in [-0.15, -0.1) is 0 Å². The molecule has 3 aromatic rings. The highest BCUT2D eigenvalue weighted by Gasteiger charge is 2.41. The number of anilines is 2. The van der Waals surface area contributed by atoms with Crippen LogP contribution < -0.4 is 10.2 Å². The van der Waals surface area contributed by atoms with Crippen LogP contribution in [0.15, 0.2) is 84.1 Å². The highest BCUT2D eigenvalue weighted by molar-refractivity contribution is 6.30. The minimum absolute atomic E-state index is 0.0128. The van der Waals surface area contributed by atoms with Crippen molar-refractivity contribution in [3.05, 3.63) is 106 Å². The van der Waals surface area contributed by atoms with Crippen molar-refractivity contribution >= 4 is 34.7 Å². The molecule has 0 bridgehead atoms. The summed E-state index contributed by atoms with van der Waals surface area (Å²) in [6.45, 7) is 3.90. The molecule has 1 aliphatic carbocycles. The van der Waals surface area contributed by atoms with Crippen LogP contribution in [0.3, 0.4) is 0 Å². The minimum Gasteiger partial charge on any atom is -0.357 e. The zero-order valence-corrected chi connectivity index (χ0v) is 20.1. The van der Waals surface area contributed by atoms with Gasteiger partial charge in [-0.3, -0.25) is 14.5 Å². The highest BCUT2D eigenvalue weighted by Crippen LogP contribution is 2.47. The zero-order valence-electron chi connectivity index (χ0n) is 19.3. The van der Waals surface area contributed by atoms with Crippen LogP contribution in [0.25, 0.3) is 0 Å². The second-order valence-corrected chi connectivity index (χ2v) is 9.48. The van der Waals surface area contributed by atoms with Crippen molar-refractivity contribution in [2.24, 2.45) is 0 Å². The molecule has 1 N–H and O–H groups in total. The van der Waals surface area contributed by atoms with Crippen LogP contribution in [-0.4, -0.2) is 11.7 Å². The summed E-state index contributed by atoms with van der Waals surface area (Å²) in [6, 6.07) is 23.2. The molecule has 0 unspecified atom stereocenters. The van der Waals surface area contributed by atoms with Crippen LogP contribution in [-0.2, 0) is 9.59 Å². The van der Waals surface area contributed by atoms with Gasteiger partial charge in [0, 0.05) is 29.1 Å². The van der Waals surface area contributed by atoms with Gasteiger partial charge in [-0.2, -0.15) is 0 Å². The van der Waals surface area contributed by atoms with Crippen molar-refractivity contribution in [1.82, 2.24) is 0 Å². The van der Waals surface area contributed by atoms with E-state index < -0.39 is 6.04 Å². The molecule has 0 aromatic heterocycles. The van der Waals surface area contributed by atoms with Crippen molar-refractivity contribution in [2.75, 3.05) is 10.2 Å². The molecule has 172 valence electrons. The Morgan fingerprint density at radius 2 is 1.65 bits per heavy atom. The van der Waals surface area contributed by atoms with Crippen molar-refractivity contribution < 1.29 is 9.59 Å². The number of hydrogen-bond acceptors (Lipinski definition) is 3. The lowest BCUT2D eigenvalue weighted by atomic mass is 9.78. The SMILES string of the molecule is CCC(=O)N1c2ccccc2NC2=C(C(=O)C[C@H](c3ccc(Cl)cc3)C2)[C@@H]1c1ccc(C)cc1. The van der Waals surface area contributed by atoms with Gasteiger partial charge >= 0.3 is 0 Å². The fraction of sp³-hybridized carbons (Fsp3) is 0.241. The average molecular weight is 471 g/mol. The summed E-state index contributed by atoms with van der Waals surface area (Å²) >= 11 is 6.10. The third-order valence-corrected chi connectivity index (χ3v) is 7.05. The van der Waals surface area contributed by atoms with E-state index in [1.807, 2.05) is 91.5 Å². The number of benzene rings is 3. The Kier molecular flexibility index (Phi) is 6.01. The van der Waals surface area contributed by atoms with Crippen LogP contribution in [0.2, 0.25) is 5.02 Å². The van der Waals surface area contributed by atoms with Crippen LogP contribution in [0.5, 0.6) is 0 Å². The van der Waals surface area contributed by atoms with Gasteiger partial charge in [0.15, 0.2) is 5.78 Å². The first kappa shape index (κ1) is 22.4. The molecule has 1 aliphatic heterocycles. The maximum atomic E-state index is 13.8. The normalized spacial score (nSPS) is 19.7. The number of nitrogens with zero attached hydrogens (tertiary/aromatic N) is 1. The lowest BCUT2D eigenvalue weighted by Gasteiger charge is -2.35. The van der Waals surface area contributed by atoms with Crippen molar-refractivity contribution in [2.45, 2.75) is 45.1 Å². The second-order valence-electron chi connectivity index (χ2n) is 9.04. The van der Waals surface area contributed by atoms with Crippen LogP contribution in [0.1, 0.15) is 54.8 Å². The summed E-state index contributed by atoms with van der Waals surface area (Å²) in [5.74, 6) is 0.109. The lowest BCUT2D eigenvalue weighted by Crippen LogP contribution is -2.38. The number of allylic oxidation sites excluding steroid dienone is 1. The van der Waals surface area contributed by atoms with E-state index in [-0.39, 0.29) is 17.6 Å². The van der Waals surface area contributed by atoms with Gasteiger partial charge in [-0.05, 0) is 54.7 Å².